The fraction of sp³-hybridized carbons (Fsp3) is 0.300. The summed E-state index contributed by atoms with van der Waals surface area (Å²) >= 11 is 0. The highest BCUT2D eigenvalue weighted by molar-refractivity contribution is 5.94. The fourth-order valence-electron chi connectivity index (χ4n) is 2.50. The Hall–Kier alpha value is -2.84. The van der Waals surface area contributed by atoms with Gasteiger partial charge in [-0.3, -0.25) is 4.79 Å². The number of carbonyl (C=O) groups excluding carboxylic acids is 1. The highest BCUT2D eigenvalue weighted by atomic mass is 16.5. The maximum atomic E-state index is 12.4. The minimum Gasteiger partial charge on any atom is -0.457 e. The van der Waals surface area contributed by atoms with E-state index in [0.717, 1.165) is 5.56 Å². The summed E-state index contributed by atoms with van der Waals surface area (Å²) in [6, 6.07) is 14.1. The van der Waals surface area contributed by atoms with E-state index in [1.54, 1.807) is 63.4 Å². The van der Waals surface area contributed by atoms with Gasteiger partial charge in [-0.2, -0.15) is 5.26 Å². The van der Waals surface area contributed by atoms with Crippen molar-refractivity contribution in [1.29, 1.82) is 5.26 Å². The smallest absolute Gasteiger partial charge is 0.253 e. The van der Waals surface area contributed by atoms with Crippen molar-refractivity contribution >= 4 is 5.91 Å². The van der Waals surface area contributed by atoms with Crippen LogP contribution in [0.2, 0.25) is 0 Å². The number of rotatable bonds is 5. The lowest BCUT2D eigenvalue weighted by Crippen LogP contribution is -2.39. The molecule has 0 aliphatic carbocycles. The molecule has 25 heavy (non-hydrogen) atoms. The number of hydrogen-bond acceptors (Lipinski definition) is 4. The van der Waals surface area contributed by atoms with Gasteiger partial charge in [0.1, 0.15) is 11.5 Å². The van der Waals surface area contributed by atoms with E-state index in [-0.39, 0.29) is 12.5 Å². The van der Waals surface area contributed by atoms with E-state index in [1.165, 1.54) is 4.90 Å². The van der Waals surface area contributed by atoms with Crippen LogP contribution in [0.5, 0.6) is 11.5 Å². The number of aliphatic hydroxyl groups is 1. The van der Waals surface area contributed by atoms with Crippen molar-refractivity contribution in [3.05, 3.63) is 59.2 Å². The summed E-state index contributed by atoms with van der Waals surface area (Å²) in [5, 5.41) is 18.7. The van der Waals surface area contributed by atoms with Gasteiger partial charge in [0.25, 0.3) is 5.91 Å². The van der Waals surface area contributed by atoms with Crippen molar-refractivity contribution in [2.24, 2.45) is 0 Å². The van der Waals surface area contributed by atoms with Crippen LogP contribution < -0.4 is 4.74 Å². The van der Waals surface area contributed by atoms with E-state index in [0.29, 0.717) is 22.6 Å². The Morgan fingerprint density at radius 3 is 2.40 bits per heavy atom. The number of nitrogens with zero attached hydrogens (tertiary/aromatic N) is 2. The monoisotopic (exact) mass is 338 g/mol. The second-order valence-corrected chi connectivity index (χ2v) is 6.69. The molecule has 0 saturated carbocycles. The van der Waals surface area contributed by atoms with Gasteiger partial charge < -0.3 is 14.7 Å². The first-order chi connectivity index (χ1) is 11.7. The summed E-state index contributed by atoms with van der Waals surface area (Å²) in [6.45, 7) is 5.44. The zero-order valence-corrected chi connectivity index (χ0v) is 14.9. The zero-order chi connectivity index (χ0) is 18.6. The maximum Gasteiger partial charge on any atom is 0.253 e. The van der Waals surface area contributed by atoms with Crippen molar-refractivity contribution in [2.75, 3.05) is 13.6 Å². The van der Waals surface area contributed by atoms with Gasteiger partial charge in [-0.25, -0.2) is 0 Å². The maximum absolute atomic E-state index is 12.4. The number of nitriles is 1. The molecule has 2 rings (SSSR count). The molecule has 5 nitrogen and oxygen atoms in total. The lowest BCUT2D eigenvalue weighted by molar-refractivity contribution is 0.0368. The number of aryl methyl sites for hydroxylation is 1. The van der Waals surface area contributed by atoms with Crippen LogP contribution in [0, 0.1) is 18.3 Å². The topological polar surface area (TPSA) is 73.6 Å². The Kier molecular flexibility index (Phi) is 5.45. The van der Waals surface area contributed by atoms with Gasteiger partial charge in [-0.15, -0.1) is 0 Å². The van der Waals surface area contributed by atoms with Gasteiger partial charge in [-0.1, -0.05) is 0 Å². The molecular formula is C20H22N2O3. The molecule has 0 aliphatic rings. The molecule has 0 aliphatic heterocycles. The quantitative estimate of drug-likeness (QED) is 0.905. The van der Waals surface area contributed by atoms with Crippen LogP contribution in [0.15, 0.2) is 42.5 Å². The van der Waals surface area contributed by atoms with E-state index < -0.39 is 5.60 Å². The summed E-state index contributed by atoms with van der Waals surface area (Å²) in [4.78, 5) is 13.8. The minimum atomic E-state index is -0.944. The van der Waals surface area contributed by atoms with Gasteiger partial charge >= 0.3 is 0 Å². The third-order valence-electron chi connectivity index (χ3n) is 3.60. The van der Waals surface area contributed by atoms with Crippen molar-refractivity contribution in [2.45, 2.75) is 26.4 Å². The Morgan fingerprint density at radius 2 is 1.88 bits per heavy atom. The summed E-state index contributed by atoms with van der Waals surface area (Å²) in [5.74, 6) is 1.11. The van der Waals surface area contributed by atoms with E-state index >= 15 is 0 Å². The third kappa shape index (κ3) is 5.07. The largest absolute Gasteiger partial charge is 0.457 e. The molecular weight excluding hydrogens is 316 g/mol. The van der Waals surface area contributed by atoms with Gasteiger partial charge in [0.05, 0.1) is 17.2 Å². The molecule has 0 radical (unpaired) electrons. The third-order valence-corrected chi connectivity index (χ3v) is 3.60. The molecule has 0 heterocycles. The molecule has 1 N–H and O–H groups in total. The van der Waals surface area contributed by atoms with E-state index in [4.69, 9.17) is 10.00 Å². The first-order valence-electron chi connectivity index (χ1n) is 7.96. The Balaban J connectivity index is 2.10. The van der Waals surface area contributed by atoms with Crippen molar-refractivity contribution in [3.8, 4) is 17.6 Å². The second-order valence-electron chi connectivity index (χ2n) is 6.69. The standard InChI is InChI=1S/C20H22N2O3/c1-14-11-15(12-21)5-10-18(14)25-17-8-6-16(7-9-17)19(23)22(4)13-20(2,3)24/h5-11,24H,13H2,1-4H3. The molecule has 0 fully saturated rings. The van der Waals surface area contributed by atoms with Gasteiger partial charge in [0.15, 0.2) is 0 Å². The summed E-state index contributed by atoms with van der Waals surface area (Å²) in [5.41, 5.74) is 1.03. The van der Waals surface area contributed by atoms with Crippen molar-refractivity contribution in [3.63, 3.8) is 0 Å². The van der Waals surface area contributed by atoms with Crippen LogP contribution in [-0.4, -0.2) is 35.1 Å². The molecule has 0 atom stereocenters. The Labute approximate surface area is 148 Å². The molecule has 2 aromatic carbocycles. The van der Waals surface area contributed by atoms with Crippen LogP contribution >= 0.6 is 0 Å². The lowest BCUT2D eigenvalue weighted by Gasteiger charge is -2.25. The molecule has 0 bridgehead atoms. The van der Waals surface area contributed by atoms with Crippen LogP contribution in [0.1, 0.15) is 35.3 Å². The van der Waals surface area contributed by atoms with E-state index in [2.05, 4.69) is 6.07 Å². The van der Waals surface area contributed by atoms with Gasteiger partial charge in [0, 0.05) is 19.2 Å². The Morgan fingerprint density at radius 1 is 1.24 bits per heavy atom. The van der Waals surface area contributed by atoms with Crippen molar-refractivity contribution < 1.29 is 14.6 Å². The predicted octanol–water partition coefficient (Wildman–Crippen LogP) is 3.50. The highest BCUT2D eigenvalue weighted by Gasteiger charge is 2.20. The number of amides is 1. The average molecular weight is 338 g/mol. The molecule has 0 aromatic heterocycles. The number of carbonyl (C=O) groups is 1. The highest BCUT2D eigenvalue weighted by Crippen LogP contribution is 2.26. The van der Waals surface area contributed by atoms with Crippen LogP contribution in [0.3, 0.4) is 0 Å². The molecule has 2 aromatic rings. The molecule has 0 unspecified atom stereocenters. The number of ether oxygens (including phenoxy) is 1. The minimum absolute atomic E-state index is 0.164. The molecule has 1 amide bonds. The van der Waals surface area contributed by atoms with Crippen LogP contribution in [0.4, 0.5) is 0 Å². The number of hydrogen-bond donors (Lipinski definition) is 1. The molecule has 130 valence electrons. The first-order valence-corrected chi connectivity index (χ1v) is 7.96. The first kappa shape index (κ1) is 18.5. The number of likely N-dealkylation sites (N-methyl/N-ethyl adjacent to an activating group) is 1. The lowest BCUT2D eigenvalue weighted by atomic mass is 10.1. The fourth-order valence-corrected chi connectivity index (χ4v) is 2.50. The van der Waals surface area contributed by atoms with Gasteiger partial charge in [0.2, 0.25) is 0 Å². The normalized spacial score (nSPS) is 10.9. The second kappa shape index (κ2) is 7.37. The van der Waals surface area contributed by atoms with Crippen LogP contribution in [0.25, 0.3) is 0 Å². The molecule has 0 spiro atoms. The SMILES string of the molecule is Cc1cc(C#N)ccc1Oc1ccc(C(=O)N(C)CC(C)(C)O)cc1. The number of benzene rings is 2. The predicted molar refractivity (Wildman–Crippen MR) is 95.7 cm³/mol. The zero-order valence-electron chi connectivity index (χ0n) is 14.9. The van der Waals surface area contributed by atoms with Crippen molar-refractivity contribution in [1.82, 2.24) is 4.90 Å². The average Bonchev–Trinajstić information content (AvgIpc) is 2.55. The summed E-state index contributed by atoms with van der Waals surface area (Å²) in [7, 11) is 1.66. The molecule has 0 saturated heterocycles. The van der Waals surface area contributed by atoms with Crippen LogP contribution in [-0.2, 0) is 0 Å². The van der Waals surface area contributed by atoms with Gasteiger partial charge in [-0.05, 0) is 68.8 Å². The summed E-state index contributed by atoms with van der Waals surface area (Å²) in [6.07, 6.45) is 0. The Bertz CT molecular complexity index is 799. The summed E-state index contributed by atoms with van der Waals surface area (Å²) < 4.78 is 5.81. The molecule has 5 heteroatoms. The van der Waals surface area contributed by atoms with E-state index in [1.807, 2.05) is 6.92 Å². The van der Waals surface area contributed by atoms with E-state index in [9.17, 15) is 9.90 Å².